The minimum Gasteiger partial charge on any atom is -0.394 e. The number of allylic oxidation sites excluding steroid dienone is 5. The van der Waals surface area contributed by atoms with E-state index in [0.717, 1.165) is 44.9 Å². The number of hydrogen-bond acceptors (Lipinski definition) is 4. The second kappa shape index (κ2) is 38.4. The molecule has 3 unspecified atom stereocenters. The first-order chi connectivity index (χ1) is 23.6. The standard InChI is InChI=1S/C43H81NO4/c1-3-5-7-9-11-13-15-17-19-20-21-22-24-25-27-29-31-33-35-37-41(46)40(39-45)44-43(48)42(47)38-36-34-32-30-28-26-23-18-16-14-12-10-8-6-4-2/h21-22,27,29,35,37,40-42,45-47H,3-20,23-26,28,30-34,36,38-39H2,1-2H3,(H,44,48)/b22-21+,29-27+,37-35+. The molecule has 0 aromatic rings. The van der Waals surface area contributed by atoms with Gasteiger partial charge in [0.15, 0.2) is 0 Å². The molecule has 0 fully saturated rings. The zero-order chi connectivity index (χ0) is 35.2. The second-order valence-electron chi connectivity index (χ2n) is 14.2. The maximum atomic E-state index is 12.4. The van der Waals surface area contributed by atoms with Crippen molar-refractivity contribution in [1.29, 1.82) is 0 Å². The SMILES string of the molecule is CCCCCCCCCCC/C=C/CC/C=C/CC/C=C/C(O)C(CO)NC(=O)C(O)CCCCCCCCCCCCCCCCC. The third kappa shape index (κ3) is 33.1. The van der Waals surface area contributed by atoms with Crippen LogP contribution in [0.2, 0.25) is 0 Å². The lowest BCUT2D eigenvalue weighted by Gasteiger charge is -2.21. The van der Waals surface area contributed by atoms with Crippen LogP contribution in [0.15, 0.2) is 36.5 Å². The van der Waals surface area contributed by atoms with Gasteiger partial charge in [-0.2, -0.15) is 0 Å². The van der Waals surface area contributed by atoms with Crippen LogP contribution < -0.4 is 5.32 Å². The van der Waals surface area contributed by atoms with Gasteiger partial charge >= 0.3 is 0 Å². The van der Waals surface area contributed by atoms with Gasteiger partial charge in [-0.05, 0) is 44.9 Å². The molecule has 282 valence electrons. The number of nitrogens with one attached hydrogen (secondary N) is 1. The Morgan fingerprint density at radius 1 is 0.500 bits per heavy atom. The molecule has 3 atom stereocenters. The van der Waals surface area contributed by atoms with Gasteiger partial charge < -0.3 is 20.6 Å². The molecule has 0 saturated heterocycles. The molecule has 0 radical (unpaired) electrons. The Hall–Kier alpha value is -1.43. The van der Waals surface area contributed by atoms with Crippen molar-refractivity contribution in [3.8, 4) is 0 Å². The molecule has 0 aliphatic rings. The third-order valence-corrected chi connectivity index (χ3v) is 9.46. The molecule has 0 bridgehead atoms. The molecule has 0 aliphatic heterocycles. The number of hydrogen-bond donors (Lipinski definition) is 4. The Balaban J connectivity index is 3.77. The molecule has 0 spiro atoms. The first-order valence-corrected chi connectivity index (χ1v) is 20.8. The number of amides is 1. The van der Waals surface area contributed by atoms with Crippen molar-refractivity contribution in [3.63, 3.8) is 0 Å². The number of aliphatic hydroxyl groups excluding tert-OH is 3. The van der Waals surface area contributed by atoms with E-state index in [4.69, 9.17) is 0 Å². The number of rotatable bonds is 37. The van der Waals surface area contributed by atoms with E-state index in [1.807, 2.05) is 6.08 Å². The summed E-state index contributed by atoms with van der Waals surface area (Å²) in [7, 11) is 0. The predicted octanol–water partition coefficient (Wildman–Crippen LogP) is 11.6. The summed E-state index contributed by atoms with van der Waals surface area (Å²) in [5, 5.41) is 33.0. The van der Waals surface area contributed by atoms with Gasteiger partial charge in [0.1, 0.15) is 6.10 Å². The molecule has 1 amide bonds. The number of unbranched alkanes of at least 4 members (excludes halogenated alkanes) is 25. The van der Waals surface area contributed by atoms with Crippen LogP contribution in [0.5, 0.6) is 0 Å². The fraction of sp³-hybridized carbons (Fsp3) is 0.837. The van der Waals surface area contributed by atoms with Gasteiger partial charge in [0, 0.05) is 0 Å². The highest BCUT2D eigenvalue weighted by Gasteiger charge is 2.22. The smallest absolute Gasteiger partial charge is 0.249 e. The Kier molecular flexibility index (Phi) is 37.2. The molecular formula is C43H81NO4. The van der Waals surface area contributed by atoms with Crippen LogP contribution in [0.3, 0.4) is 0 Å². The summed E-state index contributed by atoms with van der Waals surface area (Å²) >= 11 is 0. The van der Waals surface area contributed by atoms with Crippen LogP contribution in [0.1, 0.15) is 206 Å². The molecule has 4 N–H and O–H groups in total. The highest BCUT2D eigenvalue weighted by atomic mass is 16.3. The lowest BCUT2D eigenvalue weighted by atomic mass is 10.0. The summed E-state index contributed by atoms with van der Waals surface area (Å²) < 4.78 is 0. The topological polar surface area (TPSA) is 89.8 Å². The highest BCUT2D eigenvalue weighted by Crippen LogP contribution is 2.15. The van der Waals surface area contributed by atoms with Crippen LogP contribution in [0.4, 0.5) is 0 Å². The van der Waals surface area contributed by atoms with Crippen LogP contribution in [0, 0.1) is 0 Å². The third-order valence-electron chi connectivity index (χ3n) is 9.46. The minimum absolute atomic E-state index is 0.379. The maximum Gasteiger partial charge on any atom is 0.249 e. The predicted molar refractivity (Wildman–Crippen MR) is 208 cm³/mol. The summed E-state index contributed by atoms with van der Waals surface area (Å²) in [6, 6.07) is -0.817. The summed E-state index contributed by atoms with van der Waals surface area (Å²) in [4.78, 5) is 12.4. The van der Waals surface area contributed by atoms with Crippen molar-refractivity contribution in [3.05, 3.63) is 36.5 Å². The molecule has 0 heterocycles. The van der Waals surface area contributed by atoms with Crippen molar-refractivity contribution >= 4 is 5.91 Å². The first-order valence-electron chi connectivity index (χ1n) is 20.8. The van der Waals surface area contributed by atoms with Crippen molar-refractivity contribution < 1.29 is 20.1 Å². The van der Waals surface area contributed by atoms with E-state index in [2.05, 4.69) is 43.5 Å². The number of carbonyl (C=O) groups is 1. The number of aliphatic hydroxyl groups is 3. The molecule has 5 nitrogen and oxygen atoms in total. The fourth-order valence-corrected chi connectivity index (χ4v) is 6.16. The van der Waals surface area contributed by atoms with E-state index < -0.39 is 24.2 Å². The average Bonchev–Trinajstić information content (AvgIpc) is 3.09. The average molecular weight is 676 g/mol. The van der Waals surface area contributed by atoms with Gasteiger partial charge in [-0.15, -0.1) is 0 Å². The lowest BCUT2D eigenvalue weighted by molar-refractivity contribution is -0.131. The van der Waals surface area contributed by atoms with E-state index in [1.54, 1.807) is 6.08 Å². The van der Waals surface area contributed by atoms with Crippen LogP contribution in [-0.4, -0.2) is 46.1 Å². The van der Waals surface area contributed by atoms with E-state index in [1.165, 1.54) is 141 Å². The highest BCUT2D eigenvalue weighted by molar-refractivity contribution is 5.80. The lowest BCUT2D eigenvalue weighted by Crippen LogP contribution is -2.48. The van der Waals surface area contributed by atoms with Gasteiger partial charge in [0.05, 0.1) is 18.8 Å². The summed E-state index contributed by atoms with van der Waals surface area (Å²) in [6.45, 7) is 4.16. The van der Waals surface area contributed by atoms with E-state index >= 15 is 0 Å². The second-order valence-corrected chi connectivity index (χ2v) is 14.2. The van der Waals surface area contributed by atoms with Crippen molar-refractivity contribution in [2.45, 2.75) is 225 Å². The summed E-state index contributed by atoms with van der Waals surface area (Å²) in [5.74, 6) is -0.517. The monoisotopic (exact) mass is 676 g/mol. The summed E-state index contributed by atoms with van der Waals surface area (Å²) in [5.41, 5.74) is 0. The normalized spacial score (nSPS) is 14.0. The van der Waals surface area contributed by atoms with Crippen molar-refractivity contribution in [1.82, 2.24) is 5.32 Å². The molecule has 0 aliphatic carbocycles. The minimum atomic E-state index is -1.10. The zero-order valence-corrected chi connectivity index (χ0v) is 31.9. The van der Waals surface area contributed by atoms with Gasteiger partial charge in [0.25, 0.3) is 0 Å². The zero-order valence-electron chi connectivity index (χ0n) is 31.9. The van der Waals surface area contributed by atoms with Crippen LogP contribution in [-0.2, 0) is 4.79 Å². The van der Waals surface area contributed by atoms with E-state index in [0.29, 0.717) is 6.42 Å². The Bertz CT molecular complexity index is 749. The largest absolute Gasteiger partial charge is 0.394 e. The molecule has 0 rings (SSSR count). The van der Waals surface area contributed by atoms with Gasteiger partial charge in [0.2, 0.25) is 5.91 Å². The summed E-state index contributed by atoms with van der Waals surface area (Å²) in [6.07, 6.45) is 47.4. The Morgan fingerprint density at radius 2 is 0.854 bits per heavy atom. The van der Waals surface area contributed by atoms with E-state index in [-0.39, 0.29) is 6.61 Å². The molecule has 48 heavy (non-hydrogen) atoms. The van der Waals surface area contributed by atoms with Crippen molar-refractivity contribution in [2.24, 2.45) is 0 Å². The maximum absolute atomic E-state index is 12.4. The molecule has 5 heteroatoms. The fourth-order valence-electron chi connectivity index (χ4n) is 6.16. The Morgan fingerprint density at radius 3 is 1.27 bits per heavy atom. The van der Waals surface area contributed by atoms with E-state index in [9.17, 15) is 20.1 Å². The molecule has 0 aromatic heterocycles. The Labute approximate surface area is 298 Å². The first kappa shape index (κ1) is 46.6. The van der Waals surface area contributed by atoms with Crippen LogP contribution >= 0.6 is 0 Å². The molecule has 0 aromatic carbocycles. The number of carbonyl (C=O) groups excluding carboxylic acids is 1. The van der Waals surface area contributed by atoms with Crippen molar-refractivity contribution in [2.75, 3.05) is 6.61 Å². The van der Waals surface area contributed by atoms with Gasteiger partial charge in [-0.25, -0.2) is 0 Å². The quantitative estimate of drug-likeness (QED) is 0.0390. The van der Waals surface area contributed by atoms with Gasteiger partial charge in [-0.3, -0.25) is 4.79 Å². The van der Waals surface area contributed by atoms with Gasteiger partial charge in [-0.1, -0.05) is 198 Å². The molecular weight excluding hydrogens is 594 g/mol. The van der Waals surface area contributed by atoms with Crippen LogP contribution in [0.25, 0.3) is 0 Å². The molecule has 0 saturated carbocycles.